The third-order valence-electron chi connectivity index (χ3n) is 4.23. The second-order valence-corrected chi connectivity index (χ2v) is 5.68. The third kappa shape index (κ3) is 3.79. The molecule has 0 bridgehead atoms. The highest BCUT2D eigenvalue weighted by Crippen LogP contribution is 2.23. The fourth-order valence-electron chi connectivity index (χ4n) is 3.03. The summed E-state index contributed by atoms with van der Waals surface area (Å²) in [5.41, 5.74) is 6.90. The first-order valence-corrected chi connectivity index (χ1v) is 7.62. The van der Waals surface area contributed by atoms with E-state index in [1.807, 2.05) is 23.1 Å². The highest BCUT2D eigenvalue weighted by Gasteiger charge is 2.30. The van der Waals surface area contributed by atoms with E-state index in [1.54, 1.807) is 6.20 Å². The Balaban J connectivity index is 1.82. The Morgan fingerprint density at radius 3 is 3.05 bits per heavy atom. The van der Waals surface area contributed by atoms with Gasteiger partial charge in [-0.2, -0.15) is 0 Å². The van der Waals surface area contributed by atoms with Gasteiger partial charge in [-0.1, -0.05) is 13.0 Å². The van der Waals surface area contributed by atoms with E-state index in [4.69, 9.17) is 5.73 Å². The van der Waals surface area contributed by atoms with Crippen molar-refractivity contribution in [3.8, 4) is 0 Å². The lowest BCUT2D eigenvalue weighted by Crippen LogP contribution is -2.51. The summed E-state index contributed by atoms with van der Waals surface area (Å²) < 4.78 is 0. The van der Waals surface area contributed by atoms with Crippen LogP contribution >= 0.6 is 0 Å². The van der Waals surface area contributed by atoms with Gasteiger partial charge in [0.2, 0.25) is 5.91 Å². The number of pyridine rings is 1. The van der Waals surface area contributed by atoms with E-state index < -0.39 is 0 Å². The molecular weight excluding hydrogens is 250 g/mol. The lowest BCUT2D eigenvalue weighted by Gasteiger charge is -2.39. The maximum absolute atomic E-state index is 12.4. The zero-order chi connectivity index (χ0) is 14.4. The maximum atomic E-state index is 12.4. The molecule has 4 heteroatoms. The molecule has 0 saturated carbocycles. The average molecular weight is 275 g/mol. The van der Waals surface area contributed by atoms with Gasteiger partial charge in [0.25, 0.3) is 0 Å². The molecule has 20 heavy (non-hydrogen) atoms. The lowest BCUT2D eigenvalue weighted by molar-refractivity contribution is -0.136. The quantitative estimate of drug-likeness (QED) is 0.894. The van der Waals surface area contributed by atoms with Crippen molar-refractivity contribution in [2.75, 3.05) is 13.1 Å². The topological polar surface area (TPSA) is 59.2 Å². The molecule has 0 spiro atoms. The number of nitrogens with zero attached hydrogens (tertiary/aromatic N) is 2. The summed E-state index contributed by atoms with van der Waals surface area (Å²) in [7, 11) is 0. The van der Waals surface area contributed by atoms with Crippen molar-refractivity contribution in [1.82, 2.24) is 9.88 Å². The summed E-state index contributed by atoms with van der Waals surface area (Å²) in [6.45, 7) is 3.65. The Labute approximate surface area is 121 Å². The highest BCUT2D eigenvalue weighted by atomic mass is 16.2. The normalized spacial score (nSPS) is 22.8. The first-order chi connectivity index (χ1) is 9.72. The van der Waals surface area contributed by atoms with Gasteiger partial charge in [0, 0.05) is 37.4 Å². The molecule has 1 amide bonds. The molecule has 1 saturated heterocycles. The zero-order valence-electron chi connectivity index (χ0n) is 12.3. The van der Waals surface area contributed by atoms with Crippen molar-refractivity contribution in [2.45, 2.75) is 45.1 Å². The van der Waals surface area contributed by atoms with Crippen LogP contribution in [0.25, 0.3) is 0 Å². The number of aryl methyl sites for hydroxylation is 1. The lowest BCUT2D eigenvalue weighted by atomic mass is 9.90. The van der Waals surface area contributed by atoms with Crippen molar-refractivity contribution >= 4 is 5.91 Å². The molecule has 1 aromatic heterocycles. The number of hydrogen-bond acceptors (Lipinski definition) is 3. The molecule has 1 fully saturated rings. The van der Waals surface area contributed by atoms with Crippen molar-refractivity contribution in [3.63, 3.8) is 0 Å². The molecule has 2 heterocycles. The number of nitrogens with two attached hydrogens (primary N) is 1. The molecule has 2 rings (SSSR count). The fraction of sp³-hybridized carbons (Fsp3) is 0.625. The number of carbonyl (C=O) groups is 1. The van der Waals surface area contributed by atoms with Gasteiger partial charge in [-0.3, -0.25) is 9.78 Å². The minimum absolute atomic E-state index is 0.228. The van der Waals surface area contributed by atoms with E-state index in [0.29, 0.717) is 18.9 Å². The summed E-state index contributed by atoms with van der Waals surface area (Å²) in [6, 6.07) is 6.14. The number of aromatic nitrogens is 1. The molecule has 2 N–H and O–H groups in total. The number of amides is 1. The van der Waals surface area contributed by atoms with Crippen LogP contribution in [0.4, 0.5) is 0 Å². The second-order valence-electron chi connectivity index (χ2n) is 5.68. The minimum Gasteiger partial charge on any atom is -0.338 e. The van der Waals surface area contributed by atoms with Crippen LogP contribution in [-0.4, -0.2) is 34.9 Å². The minimum atomic E-state index is 0.228. The maximum Gasteiger partial charge on any atom is 0.222 e. The van der Waals surface area contributed by atoms with Crippen LogP contribution in [-0.2, 0) is 11.2 Å². The Hall–Kier alpha value is -1.42. The molecule has 4 nitrogen and oxygen atoms in total. The average Bonchev–Trinajstić information content (AvgIpc) is 2.48. The van der Waals surface area contributed by atoms with Gasteiger partial charge >= 0.3 is 0 Å². The van der Waals surface area contributed by atoms with Gasteiger partial charge in [-0.15, -0.1) is 0 Å². The summed E-state index contributed by atoms with van der Waals surface area (Å²) in [4.78, 5) is 18.6. The van der Waals surface area contributed by atoms with Crippen molar-refractivity contribution in [3.05, 3.63) is 30.1 Å². The van der Waals surface area contributed by atoms with Gasteiger partial charge in [-0.05, 0) is 43.7 Å². The van der Waals surface area contributed by atoms with Gasteiger partial charge in [-0.25, -0.2) is 0 Å². The van der Waals surface area contributed by atoms with Crippen molar-refractivity contribution in [1.29, 1.82) is 0 Å². The third-order valence-corrected chi connectivity index (χ3v) is 4.23. The predicted octanol–water partition coefficient (Wildman–Crippen LogP) is 1.99. The SMILES string of the molecule is C[C@H]1CCCN(C(=O)CCCc2ccccn2)[C@@H]1CN. The zero-order valence-corrected chi connectivity index (χ0v) is 12.3. The number of piperidine rings is 1. The van der Waals surface area contributed by atoms with E-state index >= 15 is 0 Å². The monoisotopic (exact) mass is 275 g/mol. The van der Waals surface area contributed by atoms with Crippen LogP contribution < -0.4 is 5.73 Å². The van der Waals surface area contributed by atoms with Crippen LogP contribution in [0.15, 0.2) is 24.4 Å². The molecule has 2 atom stereocenters. The summed E-state index contributed by atoms with van der Waals surface area (Å²) in [5, 5.41) is 0. The Morgan fingerprint density at radius 1 is 1.50 bits per heavy atom. The van der Waals surface area contributed by atoms with Gasteiger partial charge in [0.15, 0.2) is 0 Å². The first kappa shape index (κ1) is 15.0. The van der Waals surface area contributed by atoms with Gasteiger partial charge < -0.3 is 10.6 Å². The smallest absolute Gasteiger partial charge is 0.222 e. The Bertz CT molecular complexity index is 421. The Kier molecular flexibility index (Phi) is 5.53. The molecule has 0 unspecified atom stereocenters. The molecule has 1 aliphatic heterocycles. The highest BCUT2D eigenvalue weighted by molar-refractivity contribution is 5.76. The van der Waals surface area contributed by atoms with E-state index in [9.17, 15) is 4.79 Å². The first-order valence-electron chi connectivity index (χ1n) is 7.62. The van der Waals surface area contributed by atoms with Gasteiger partial charge in [0.1, 0.15) is 0 Å². The molecular formula is C16H25N3O. The van der Waals surface area contributed by atoms with Crippen LogP contribution in [0.5, 0.6) is 0 Å². The standard InChI is InChI=1S/C16H25N3O/c1-13-6-5-11-19(15(13)12-17)16(20)9-4-8-14-7-2-3-10-18-14/h2-3,7,10,13,15H,4-6,8-9,11-12,17H2,1H3/t13-,15+/m0/s1. The fourth-order valence-corrected chi connectivity index (χ4v) is 3.03. The van der Waals surface area contributed by atoms with Crippen LogP contribution in [0.1, 0.15) is 38.3 Å². The predicted molar refractivity (Wildman–Crippen MR) is 80.1 cm³/mol. The Morgan fingerprint density at radius 2 is 2.35 bits per heavy atom. The van der Waals surface area contributed by atoms with E-state index in [1.165, 1.54) is 6.42 Å². The van der Waals surface area contributed by atoms with Gasteiger partial charge in [0.05, 0.1) is 0 Å². The number of hydrogen-bond donors (Lipinski definition) is 1. The van der Waals surface area contributed by atoms with E-state index in [2.05, 4.69) is 11.9 Å². The van der Waals surface area contributed by atoms with Crippen LogP contribution in [0, 0.1) is 5.92 Å². The summed E-state index contributed by atoms with van der Waals surface area (Å²) in [5.74, 6) is 0.774. The van der Waals surface area contributed by atoms with Crippen molar-refractivity contribution < 1.29 is 4.79 Å². The van der Waals surface area contributed by atoms with Crippen LogP contribution in [0.2, 0.25) is 0 Å². The molecule has 1 aliphatic rings. The molecule has 1 aromatic rings. The molecule has 0 radical (unpaired) electrons. The second kappa shape index (κ2) is 7.39. The molecule has 110 valence electrons. The number of likely N-dealkylation sites (tertiary alicyclic amines) is 1. The van der Waals surface area contributed by atoms with E-state index in [0.717, 1.165) is 31.5 Å². The molecule has 0 aliphatic carbocycles. The van der Waals surface area contributed by atoms with Crippen molar-refractivity contribution in [2.24, 2.45) is 11.7 Å². The largest absolute Gasteiger partial charge is 0.338 e. The summed E-state index contributed by atoms with van der Waals surface area (Å²) in [6.07, 6.45) is 6.40. The van der Waals surface area contributed by atoms with E-state index in [-0.39, 0.29) is 11.9 Å². The number of carbonyl (C=O) groups excluding carboxylic acids is 1. The van der Waals surface area contributed by atoms with Crippen LogP contribution in [0.3, 0.4) is 0 Å². The number of rotatable bonds is 5. The summed E-state index contributed by atoms with van der Waals surface area (Å²) >= 11 is 0. The molecule has 0 aromatic carbocycles.